The van der Waals surface area contributed by atoms with Gasteiger partial charge in [-0.25, -0.2) is 9.78 Å². The molecule has 2 amide bonds. The van der Waals surface area contributed by atoms with Crippen LogP contribution in [0.3, 0.4) is 0 Å². The van der Waals surface area contributed by atoms with E-state index in [0.717, 1.165) is 21.8 Å². The number of nitriles is 1. The fourth-order valence-electron chi connectivity index (χ4n) is 3.99. The number of hydrogen-bond donors (Lipinski definition) is 2. The number of fused-ring (bicyclic) bond motifs is 1. The molecule has 3 heterocycles. The monoisotopic (exact) mass is 493 g/mol. The van der Waals surface area contributed by atoms with Crippen LogP contribution in [0.25, 0.3) is 0 Å². The minimum Gasteiger partial charge on any atom is -0.494 e. The van der Waals surface area contributed by atoms with Gasteiger partial charge in [0.2, 0.25) is 5.91 Å². The van der Waals surface area contributed by atoms with Crippen molar-refractivity contribution in [2.75, 3.05) is 18.5 Å². The molecule has 0 spiro atoms. The molecule has 2 N–H and O–H groups in total. The summed E-state index contributed by atoms with van der Waals surface area (Å²) in [5.41, 5.74) is 2.33. The maximum atomic E-state index is 12.7. The van der Waals surface area contributed by atoms with Crippen LogP contribution in [0.4, 0.5) is 9.80 Å². The summed E-state index contributed by atoms with van der Waals surface area (Å²) in [4.78, 5) is 34.9. The van der Waals surface area contributed by atoms with Crippen molar-refractivity contribution in [1.29, 1.82) is 5.26 Å². The molecule has 9 nitrogen and oxygen atoms in total. The third-order valence-electron chi connectivity index (χ3n) is 5.76. The number of carbonyl (C=O) groups excluding carboxylic acids is 2. The van der Waals surface area contributed by atoms with Crippen LogP contribution in [-0.4, -0.2) is 40.0 Å². The molecule has 0 fully saturated rings. The van der Waals surface area contributed by atoms with Gasteiger partial charge in [0.25, 0.3) is 0 Å². The Hall–Kier alpha value is -3.84. The van der Waals surface area contributed by atoms with E-state index < -0.39 is 12.2 Å². The number of anilines is 1. The van der Waals surface area contributed by atoms with E-state index in [2.05, 4.69) is 21.4 Å². The standard InChI is InChI=1S/C25H27N5O4S/c1-3-33-20-7-5-4-6-17(20)8-9-22(31)29-24-19(14-26)18-10-13-30(15-21(18)35-24)25(32)34-16(2)23-27-11-12-28-23/h4-7,11-12,16H,3,8-10,13,15H2,1-2H3,(H,27,28)(H,29,31). The quantitative estimate of drug-likeness (QED) is 0.474. The third-order valence-corrected chi connectivity index (χ3v) is 6.89. The molecule has 0 aliphatic carbocycles. The largest absolute Gasteiger partial charge is 0.494 e. The van der Waals surface area contributed by atoms with Crippen molar-refractivity contribution in [3.8, 4) is 11.8 Å². The highest BCUT2D eigenvalue weighted by Crippen LogP contribution is 2.37. The number of carbonyl (C=O) groups is 2. The van der Waals surface area contributed by atoms with E-state index in [1.165, 1.54) is 11.3 Å². The van der Waals surface area contributed by atoms with E-state index in [0.29, 0.717) is 48.9 Å². The molecule has 10 heteroatoms. The Kier molecular flexibility index (Phi) is 7.67. The summed E-state index contributed by atoms with van der Waals surface area (Å²) < 4.78 is 11.2. The number of ether oxygens (including phenoxy) is 2. The highest BCUT2D eigenvalue weighted by atomic mass is 32.1. The van der Waals surface area contributed by atoms with E-state index in [-0.39, 0.29) is 12.3 Å². The first-order chi connectivity index (χ1) is 17.0. The zero-order chi connectivity index (χ0) is 24.8. The van der Waals surface area contributed by atoms with Gasteiger partial charge < -0.3 is 24.7 Å². The SMILES string of the molecule is CCOc1ccccc1CCC(=O)Nc1sc2c(c1C#N)CCN(C(=O)OC(C)c1ncc[nH]1)C2. The number of thiophene rings is 1. The Bertz CT molecular complexity index is 1230. The lowest BCUT2D eigenvalue weighted by Crippen LogP contribution is -2.36. The first-order valence-corrected chi connectivity index (χ1v) is 12.3. The predicted molar refractivity (Wildman–Crippen MR) is 131 cm³/mol. The number of rotatable bonds is 8. The van der Waals surface area contributed by atoms with Crippen molar-refractivity contribution in [2.24, 2.45) is 0 Å². The molecular formula is C25H27N5O4S. The van der Waals surface area contributed by atoms with Gasteiger partial charge in [0.1, 0.15) is 22.6 Å². The van der Waals surface area contributed by atoms with Crippen LogP contribution in [0.15, 0.2) is 36.7 Å². The summed E-state index contributed by atoms with van der Waals surface area (Å²) in [5.74, 6) is 1.18. The topological polar surface area (TPSA) is 120 Å². The maximum absolute atomic E-state index is 12.7. The maximum Gasteiger partial charge on any atom is 0.410 e. The molecule has 1 unspecified atom stereocenters. The van der Waals surface area contributed by atoms with Gasteiger partial charge in [0.15, 0.2) is 6.10 Å². The average Bonchev–Trinajstić information content (AvgIpc) is 3.51. The molecule has 0 saturated carbocycles. The molecule has 4 rings (SSSR count). The number of aromatic nitrogens is 2. The van der Waals surface area contributed by atoms with Gasteiger partial charge in [0.05, 0.1) is 18.7 Å². The minimum absolute atomic E-state index is 0.171. The van der Waals surface area contributed by atoms with Gasteiger partial charge in [-0.15, -0.1) is 11.3 Å². The summed E-state index contributed by atoms with van der Waals surface area (Å²) >= 11 is 1.34. The van der Waals surface area contributed by atoms with Crippen LogP contribution in [0.5, 0.6) is 5.75 Å². The van der Waals surface area contributed by atoms with Gasteiger partial charge in [-0.05, 0) is 43.9 Å². The van der Waals surface area contributed by atoms with Crippen LogP contribution < -0.4 is 10.1 Å². The predicted octanol–water partition coefficient (Wildman–Crippen LogP) is 4.57. The van der Waals surface area contributed by atoms with Crippen molar-refractivity contribution >= 4 is 28.3 Å². The molecule has 2 aromatic heterocycles. The molecule has 0 radical (unpaired) electrons. The summed E-state index contributed by atoms with van der Waals surface area (Å²) in [6.45, 7) is 5.00. The van der Waals surface area contributed by atoms with Crippen LogP contribution in [-0.2, 0) is 28.9 Å². The van der Waals surface area contributed by atoms with Crippen LogP contribution in [0.1, 0.15) is 53.8 Å². The molecular weight excluding hydrogens is 466 g/mol. The Morgan fingerprint density at radius 1 is 1.37 bits per heavy atom. The van der Waals surface area contributed by atoms with E-state index in [1.807, 2.05) is 31.2 Å². The minimum atomic E-state index is -0.500. The van der Waals surface area contributed by atoms with E-state index in [9.17, 15) is 14.9 Å². The fourth-order valence-corrected chi connectivity index (χ4v) is 5.22. The van der Waals surface area contributed by atoms with Gasteiger partial charge in [-0.1, -0.05) is 18.2 Å². The molecule has 1 aliphatic rings. The zero-order valence-electron chi connectivity index (χ0n) is 19.7. The number of imidazole rings is 1. The lowest BCUT2D eigenvalue weighted by molar-refractivity contribution is -0.116. The first kappa shape index (κ1) is 24.3. The van der Waals surface area contributed by atoms with Crippen molar-refractivity contribution in [2.45, 2.75) is 45.8 Å². The van der Waals surface area contributed by atoms with Gasteiger partial charge in [-0.3, -0.25) is 4.79 Å². The molecule has 0 bridgehead atoms. The van der Waals surface area contributed by atoms with Crippen molar-refractivity contribution < 1.29 is 19.1 Å². The summed E-state index contributed by atoms with van der Waals surface area (Å²) in [6, 6.07) is 9.90. The Labute approximate surface area is 207 Å². The lowest BCUT2D eigenvalue weighted by Gasteiger charge is -2.27. The van der Waals surface area contributed by atoms with E-state index in [4.69, 9.17) is 9.47 Å². The highest BCUT2D eigenvalue weighted by molar-refractivity contribution is 7.16. The second-order valence-corrected chi connectivity index (χ2v) is 9.19. The normalized spacial score (nSPS) is 13.5. The smallest absolute Gasteiger partial charge is 0.410 e. The number of nitrogens with zero attached hydrogens (tertiary/aromatic N) is 3. The number of amides is 2. The van der Waals surface area contributed by atoms with Crippen molar-refractivity contribution in [3.05, 3.63) is 64.1 Å². The van der Waals surface area contributed by atoms with Crippen LogP contribution in [0.2, 0.25) is 0 Å². The second-order valence-electron chi connectivity index (χ2n) is 8.08. The molecule has 1 aliphatic heterocycles. The average molecular weight is 494 g/mol. The van der Waals surface area contributed by atoms with E-state index in [1.54, 1.807) is 24.2 Å². The molecule has 3 aromatic rings. The molecule has 1 aromatic carbocycles. The second kappa shape index (κ2) is 11.1. The molecule has 182 valence electrons. The summed E-state index contributed by atoms with van der Waals surface area (Å²) in [5, 5.41) is 13.2. The number of aromatic amines is 1. The van der Waals surface area contributed by atoms with Gasteiger partial charge in [0, 0.05) is 30.2 Å². The Morgan fingerprint density at radius 2 is 2.20 bits per heavy atom. The van der Waals surface area contributed by atoms with Crippen LogP contribution >= 0.6 is 11.3 Å². The number of H-pyrrole nitrogens is 1. The molecule has 1 atom stereocenters. The van der Waals surface area contributed by atoms with E-state index >= 15 is 0 Å². The number of para-hydroxylation sites is 1. The highest BCUT2D eigenvalue weighted by Gasteiger charge is 2.29. The van der Waals surface area contributed by atoms with Gasteiger partial charge >= 0.3 is 6.09 Å². The van der Waals surface area contributed by atoms with Crippen molar-refractivity contribution in [3.63, 3.8) is 0 Å². The number of benzene rings is 1. The number of nitrogens with one attached hydrogen (secondary N) is 2. The lowest BCUT2D eigenvalue weighted by atomic mass is 10.0. The van der Waals surface area contributed by atoms with Gasteiger partial charge in [-0.2, -0.15) is 5.26 Å². The van der Waals surface area contributed by atoms with Crippen LogP contribution in [0, 0.1) is 11.3 Å². The fraction of sp³-hybridized carbons (Fsp3) is 0.360. The Balaban J connectivity index is 1.39. The molecule has 35 heavy (non-hydrogen) atoms. The van der Waals surface area contributed by atoms with Crippen molar-refractivity contribution in [1.82, 2.24) is 14.9 Å². The zero-order valence-corrected chi connectivity index (χ0v) is 20.5. The summed E-state index contributed by atoms with van der Waals surface area (Å²) in [6.07, 6.45) is 3.66. The summed E-state index contributed by atoms with van der Waals surface area (Å²) in [7, 11) is 0. The Morgan fingerprint density at radius 3 is 2.94 bits per heavy atom. The molecule has 0 saturated heterocycles. The first-order valence-electron chi connectivity index (χ1n) is 11.5. The number of aryl methyl sites for hydroxylation is 1. The third kappa shape index (κ3) is 5.63. The number of hydrogen-bond acceptors (Lipinski definition) is 7.